The Morgan fingerprint density at radius 1 is 1.31 bits per heavy atom. The Kier molecular flexibility index (Phi) is 1.83. The highest BCUT2D eigenvalue weighted by Gasteiger charge is 2.22. The number of rotatable bonds is 1. The second kappa shape index (κ2) is 2.77. The number of hydrogen-bond donors (Lipinski definition) is 0. The van der Waals surface area contributed by atoms with Crippen molar-refractivity contribution in [1.29, 1.82) is 0 Å². The number of aryl methyl sites for hydroxylation is 1. The zero-order valence-electron chi connectivity index (χ0n) is 7.32. The van der Waals surface area contributed by atoms with E-state index in [1.165, 1.54) is 12.6 Å². The van der Waals surface area contributed by atoms with E-state index in [2.05, 4.69) is 9.97 Å². The fraction of sp³-hybridized carbons (Fsp3) is 0.500. The lowest BCUT2D eigenvalue weighted by molar-refractivity contribution is 0.596. The molecule has 0 amide bonds. The van der Waals surface area contributed by atoms with Crippen LogP contribution in [0.25, 0.3) is 0 Å². The van der Waals surface area contributed by atoms with Gasteiger partial charge in [-0.15, -0.1) is 0 Å². The summed E-state index contributed by atoms with van der Waals surface area (Å²) in [6, 6.07) is 0. The van der Waals surface area contributed by atoms with Crippen LogP contribution in [-0.2, 0) is 22.7 Å². The molecule has 1 aliphatic rings. The molecule has 1 aromatic heterocycles. The highest BCUT2D eigenvalue weighted by Crippen LogP contribution is 2.24. The molecule has 0 saturated heterocycles. The van der Waals surface area contributed by atoms with Crippen LogP contribution in [0.1, 0.15) is 17.7 Å². The predicted octanol–water partition coefficient (Wildman–Crippen LogP) is 0.369. The Bertz CT molecular complexity index is 439. The van der Waals surface area contributed by atoms with Crippen LogP contribution in [0.15, 0.2) is 11.4 Å². The summed E-state index contributed by atoms with van der Waals surface area (Å²) in [4.78, 5) is 7.88. The summed E-state index contributed by atoms with van der Waals surface area (Å²) in [6.07, 6.45) is 5.17. The summed E-state index contributed by atoms with van der Waals surface area (Å²) >= 11 is 0. The Morgan fingerprint density at radius 2 is 2.08 bits per heavy atom. The molecule has 5 heteroatoms. The summed E-state index contributed by atoms with van der Waals surface area (Å²) in [7, 11) is -3.18. The summed E-state index contributed by atoms with van der Waals surface area (Å²) in [5, 5.41) is 0.218. The van der Waals surface area contributed by atoms with Gasteiger partial charge in [-0.3, -0.25) is 0 Å². The third-order valence-electron chi connectivity index (χ3n) is 2.19. The molecular formula is C8H10N2O2S. The van der Waals surface area contributed by atoms with E-state index in [0.29, 0.717) is 0 Å². The molecule has 13 heavy (non-hydrogen) atoms. The minimum absolute atomic E-state index is 0.218. The molecule has 0 atom stereocenters. The highest BCUT2D eigenvalue weighted by atomic mass is 32.2. The normalized spacial score (nSPS) is 15.8. The maximum atomic E-state index is 11.3. The van der Waals surface area contributed by atoms with Crippen molar-refractivity contribution in [3.8, 4) is 0 Å². The molecule has 0 unspecified atom stereocenters. The molecule has 2 rings (SSSR count). The molecule has 1 heterocycles. The van der Waals surface area contributed by atoms with Crippen molar-refractivity contribution in [3.63, 3.8) is 0 Å². The Labute approximate surface area is 77.0 Å². The zero-order valence-corrected chi connectivity index (χ0v) is 8.13. The van der Waals surface area contributed by atoms with Crippen molar-refractivity contribution in [1.82, 2.24) is 9.97 Å². The minimum Gasteiger partial charge on any atom is -0.241 e. The average Bonchev–Trinajstić information content (AvgIpc) is 2.48. The number of fused-ring (bicyclic) bond motifs is 1. The van der Waals surface area contributed by atoms with Gasteiger partial charge in [0.2, 0.25) is 0 Å². The van der Waals surface area contributed by atoms with Crippen molar-refractivity contribution in [2.24, 2.45) is 0 Å². The molecule has 0 aliphatic heterocycles. The molecule has 0 fully saturated rings. The van der Waals surface area contributed by atoms with Crippen LogP contribution in [0.5, 0.6) is 0 Å². The van der Waals surface area contributed by atoms with Crippen LogP contribution >= 0.6 is 0 Å². The fourth-order valence-electron chi connectivity index (χ4n) is 1.65. The molecule has 4 nitrogen and oxygen atoms in total. The summed E-state index contributed by atoms with van der Waals surface area (Å²) in [5.74, 6) is 0. The summed E-state index contributed by atoms with van der Waals surface area (Å²) in [6.45, 7) is 0. The van der Waals surface area contributed by atoms with Crippen LogP contribution in [0.4, 0.5) is 0 Å². The highest BCUT2D eigenvalue weighted by molar-refractivity contribution is 7.90. The molecule has 0 N–H and O–H groups in total. The van der Waals surface area contributed by atoms with Gasteiger partial charge in [0.25, 0.3) is 0 Å². The smallest absolute Gasteiger partial charge is 0.193 e. The van der Waals surface area contributed by atoms with Gasteiger partial charge in [-0.2, -0.15) is 0 Å². The molecule has 0 spiro atoms. The van der Waals surface area contributed by atoms with E-state index < -0.39 is 9.84 Å². The second-order valence-electron chi connectivity index (χ2n) is 3.23. The average molecular weight is 198 g/mol. The van der Waals surface area contributed by atoms with Gasteiger partial charge in [-0.05, 0) is 19.3 Å². The Balaban J connectivity index is 2.67. The fourth-order valence-corrected chi connectivity index (χ4v) is 2.56. The summed E-state index contributed by atoms with van der Waals surface area (Å²) in [5.41, 5.74) is 1.72. The van der Waals surface area contributed by atoms with Crippen LogP contribution in [0.2, 0.25) is 0 Å². The van der Waals surface area contributed by atoms with Gasteiger partial charge >= 0.3 is 0 Å². The predicted molar refractivity (Wildman–Crippen MR) is 47.2 cm³/mol. The van der Waals surface area contributed by atoms with Gasteiger partial charge in [0.15, 0.2) is 14.9 Å². The van der Waals surface area contributed by atoms with Crippen LogP contribution < -0.4 is 0 Å². The maximum absolute atomic E-state index is 11.3. The van der Waals surface area contributed by atoms with Crippen LogP contribution in [0.3, 0.4) is 0 Å². The monoisotopic (exact) mass is 198 g/mol. The van der Waals surface area contributed by atoms with E-state index >= 15 is 0 Å². The maximum Gasteiger partial charge on any atom is 0.193 e. The minimum atomic E-state index is -3.18. The number of hydrogen-bond acceptors (Lipinski definition) is 4. The van der Waals surface area contributed by atoms with E-state index in [9.17, 15) is 8.42 Å². The van der Waals surface area contributed by atoms with E-state index in [4.69, 9.17) is 0 Å². The van der Waals surface area contributed by atoms with E-state index in [-0.39, 0.29) is 5.03 Å². The molecule has 0 radical (unpaired) electrons. The van der Waals surface area contributed by atoms with Crippen molar-refractivity contribution in [2.45, 2.75) is 24.3 Å². The van der Waals surface area contributed by atoms with Crippen molar-refractivity contribution in [3.05, 3.63) is 17.6 Å². The standard InChI is InChI=1S/C8H10N2O2S/c1-13(11,12)8-6-3-2-4-7(6)9-5-10-8/h5H,2-4H2,1H3. The van der Waals surface area contributed by atoms with Gasteiger partial charge in [0, 0.05) is 17.5 Å². The number of aromatic nitrogens is 2. The first-order valence-corrected chi connectivity index (χ1v) is 6.01. The van der Waals surface area contributed by atoms with E-state index in [1.54, 1.807) is 0 Å². The Morgan fingerprint density at radius 3 is 2.77 bits per heavy atom. The zero-order chi connectivity index (χ0) is 9.47. The first-order valence-electron chi connectivity index (χ1n) is 4.12. The number of sulfone groups is 1. The van der Waals surface area contributed by atoms with Crippen molar-refractivity contribution in [2.75, 3.05) is 6.26 Å². The lowest BCUT2D eigenvalue weighted by atomic mass is 10.3. The number of nitrogens with zero attached hydrogens (tertiary/aromatic N) is 2. The Hall–Kier alpha value is -0.970. The van der Waals surface area contributed by atoms with Gasteiger partial charge < -0.3 is 0 Å². The quantitative estimate of drug-likeness (QED) is 0.612. The lowest BCUT2D eigenvalue weighted by Crippen LogP contribution is -2.06. The third kappa shape index (κ3) is 1.44. The molecule has 0 bridgehead atoms. The van der Waals surface area contributed by atoms with Gasteiger partial charge in [0.1, 0.15) is 6.33 Å². The van der Waals surface area contributed by atoms with E-state index in [1.807, 2.05) is 0 Å². The molecule has 1 aromatic rings. The second-order valence-corrected chi connectivity index (χ2v) is 5.16. The summed E-state index contributed by atoms with van der Waals surface area (Å²) < 4.78 is 22.6. The van der Waals surface area contributed by atoms with E-state index in [0.717, 1.165) is 30.5 Å². The van der Waals surface area contributed by atoms with Crippen LogP contribution in [-0.4, -0.2) is 24.6 Å². The van der Waals surface area contributed by atoms with Crippen molar-refractivity contribution >= 4 is 9.84 Å². The molecule has 0 aromatic carbocycles. The topological polar surface area (TPSA) is 59.9 Å². The van der Waals surface area contributed by atoms with Crippen molar-refractivity contribution < 1.29 is 8.42 Å². The molecular weight excluding hydrogens is 188 g/mol. The first kappa shape index (κ1) is 8.62. The molecule has 0 saturated carbocycles. The van der Waals surface area contributed by atoms with Gasteiger partial charge in [0.05, 0.1) is 0 Å². The van der Waals surface area contributed by atoms with Crippen LogP contribution in [0, 0.1) is 0 Å². The van der Waals surface area contributed by atoms with Gasteiger partial charge in [-0.1, -0.05) is 0 Å². The third-order valence-corrected chi connectivity index (χ3v) is 3.24. The SMILES string of the molecule is CS(=O)(=O)c1ncnc2c1CCC2. The molecule has 1 aliphatic carbocycles. The largest absolute Gasteiger partial charge is 0.241 e. The molecule has 70 valence electrons. The van der Waals surface area contributed by atoms with Gasteiger partial charge in [-0.25, -0.2) is 18.4 Å². The first-order chi connectivity index (χ1) is 6.09. The lowest BCUT2D eigenvalue weighted by Gasteiger charge is -2.02.